The van der Waals surface area contributed by atoms with Crippen LogP contribution in [0.4, 0.5) is 0 Å². The quantitative estimate of drug-likeness (QED) is 0.843. The van der Waals surface area contributed by atoms with Crippen molar-refractivity contribution in [1.29, 1.82) is 0 Å². The molecule has 1 aromatic heterocycles. The first-order valence-electron chi connectivity index (χ1n) is 8.58. The number of aromatic nitrogens is 1. The summed E-state index contributed by atoms with van der Waals surface area (Å²) in [4.78, 5) is 18.6. The van der Waals surface area contributed by atoms with Crippen molar-refractivity contribution in [3.8, 4) is 5.75 Å². The summed E-state index contributed by atoms with van der Waals surface area (Å²) in [6.07, 6.45) is 4.10. The number of hydrogen-bond donors (Lipinski definition) is 0. The van der Waals surface area contributed by atoms with Crippen molar-refractivity contribution in [1.82, 2.24) is 9.88 Å². The minimum absolute atomic E-state index is 0.0272. The Labute approximate surface area is 142 Å². The van der Waals surface area contributed by atoms with Crippen molar-refractivity contribution in [2.45, 2.75) is 33.1 Å². The number of aryl methyl sites for hydroxylation is 2. The molecule has 0 aliphatic carbocycles. The molecule has 0 bridgehead atoms. The fourth-order valence-electron chi connectivity index (χ4n) is 3.08. The molecule has 24 heavy (non-hydrogen) atoms. The van der Waals surface area contributed by atoms with Gasteiger partial charge in [0.2, 0.25) is 0 Å². The number of oxazole rings is 1. The second kappa shape index (κ2) is 7.51. The Hall–Kier alpha value is -2.30. The number of carbonyl (C=O) groups excluding carboxylic acids is 1. The van der Waals surface area contributed by atoms with Crippen LogP contribution in [0.15, 0.2) is 35.1 Å². The molecule has 0 spiro atoms. The summed E-state index contributed by atoms with van der Waals surface area (Å²) in [5.74, 6) is 1.87. The van der Waals surface area contributed by atoms with Crippen LogP contribution in [0.1, 0.15) is 41.6 Å². The van der Waals surface area contributed by atoms with Gasteiger partial charge in [0.05, 0.1) is 6.61 Å². The lowest BCUT2D eigenvalue weighted by atomic mass is 9.98. The lowest BCUT2D eigenvalue weighted by molar-refractivity contribution is 0.0626. The smallest absolute Gasteiger partial charge is 0.276 e. The van der Waals surface area contributed by atoms with Crippen LogP contribution in [0, 0.1) is 12.8 Å². The van der Waals surface area contributed by atoms with Crippen LogP contribution in [0.25, 0.3) is 0 Å². The first-order valence-corrected chi connectivity index (χ1v) is 8.58. The Morgan fingerprint density at radius 3 is 2.92 bits per heavy atom. The van der Waals surface area contributed by atoms with Gasteiger partial charge in [0.1, 0.15) is 11.5 Å². The van der Waals surface area contributed by atoms with E-state index in [-0.39, 0.29) is 5.91 Å². The predicted molar refractivity (Wildman–Crippen MR) is 91.2 cm³/mol. The third-order valence-electron chi connectivity index (χ3n) is 4.48. The Bertz CT molecular complexity index is 678. The lowest BCUT2D eigenvalue weighted by Crippen LogP contribution is -2.42. The predicted octanol–water partition coefficient (Wildman–Crippen LogP) is 3.48. The fourth-order valence-corrected chi connectivity index (χ4v) is 3.08. The van der Waals surface area contributed by atoms with E-state index in [2.05, 4.69) is 11.9 Å². The van der Waals surface area contributed by atoms with Crippen molar-refractivity contribution >= 4 is 5.91 Å². The number of carbonyl (C=O) groups is 1. The normalized spacial score (nSPS) is 17.8. The molecule has 5 heteroatoms. The highest BCUT2D eigenvalue weighted by Crippen LogP contribution is 2.21. The number of hydrogen-bond acceptors (Lipinski definition) is 4. The number of likely N-dealkylation sites (tertiary alicyclic amines) is 1. The van der Waals surface area contributed by atoms with Gasteiger partial charge in [-0.25, -0.2) is 4.98 Å². The molecule has 0 N–H and O–H groups in total. The maximum Gasteiger partial charge on any atom is 0.276 e. The van der Waals surface area contributed by atoms with Gasteiger partial charge in [0, 0.05) is 25.4 Å². The summed E-state index contributed by atoms with van der Waals surface area (Å²) in [7, 11) is 0. The summed E-state index contributed by atoms with van der Waals surface area (Å²) < 4.78 is 11.2. The third-order valence-corrected chi connectivity index (χ3v) is 4.48. The van der Waals surface area contributed by atoms with Gasteiger partial charge in [0.25, 0.3) is 5.91 Å². The number of amides is 1. The van der Waals surface area contributed by atoms with Crippen LogP contribution in [0.3, 0.4) is 0 Å². The summed E-state index contributed by atoms with van der Waals surface area (Å²) in [5, 5.41) is 0. The van der Waals surface area contributed by atoms with Gasteiger partial charge >= 0.3 is 0 Å². The molecule has 1 saturated heterocycles. The Balaban J connectivity index is 1.58. The summed E-state index contributed by atoms with van der Waals surface area (Å²) in [6, 6.07) is 8.07. The maximum atomic E-state index is 12.7. The van der Waals surface area contributed by atoms with E-state index in [1.54, 1.807) is 0 Å². The minimum atomic E-state index is -0.0272. The van der Waals surface area contributed by atoms with Crippen LogP contribution in [-0.4, -0.2) is 35.5 Å². The highest BCUT2D eigenvalue weighted by atomic mass is 16.5. The van der Waals surface area contributed by atoms with Gasteiger partial charge < -0.3 is 14.1 Å². The molecule has 1 fully saturated rings. The average molecular weight is 328 g/mol. The molecule has 1 aromatic carbocycles. The molecular weight excluding hydrogens is 304 g/mol. The number of benzene rings is 1. The molecule has 2 aromatic rings. The molecule has 128 valence electrons. The monoisotopic (exact) mass is 328 g/mol. The largest absolute Gasteiger partial charge is 0.493 e. The SMILES string of the molecule is CCc1ocnc1C(=O)N1CCCC(COc2ccc(C)cc2)C1. The molecule has 1 aliphatic rings. The van der Waals surface area contributed by atoms with E-state index >= 15 is 0 Å². The highest BCUT2D eigenvalue weighted by molar-refractivity contribution is 5.93. The second-order valence-corrected chi connectivity index (χ2v) is 6.36. The first-order chi connectivity index (χ1) is 11.7. The molecule has 0 saturated carbocycles. The van der Waals surface area contributed by atoms with Crippen molar-refractivity contribution < 1.29 is 13.9 Å². The van der Waals surface area contributed by atoms with Gasteiger partial charge in [-0.15, -0.1) is 0 Å². The first kappa shape index (κ1) is 16.6. The van der Waals surface area contributed by atoms with Crippen LogP contribution < -0.4 is 4.74 Å². The number of piperidine rings is 1. The zero-order chi connectivity index (χ0) is 16.9. The summed E-state index contributed by atoms with van der Waals surface area (Å²) >= 11 is 0. The summed E-state index contributed by atoms with van der Waals surface area (Å²) in [6.45, 7) is 6.14. The standard InChI is InChI=1S/C19H24N2O3/c1-3-17-18(20-13-24-17)19(22)21-10-4-5-15(11-21)12-23-16-8-6-14(2)7-9-16/h6-9,13,15H,3-5,10-12H2,1-2H3. The molecular formula is C19H24N2O3. The molecule has 3 rings (SSSR count). The van der Waals surface area contributed by atoms with Crippen LogP contribution in [0.2, 0.25) is 0 Å². The molecule has 1 unspecified atom stereocenters. The van der Waals surface area contributed by atoms with Crippen molar-refractivity contribution in [3.05, 3.63) is 47.7 Å². The molecule has 2 heterocycles. The Morgan fingerprint density at radius 1 is 1.38 bits per heavy atom. The van der Waals surface area contributed by atoms with Crippen molar-refractivity contribution in [2.24, 2.45) is 5.92 Å². The number of nitrogens with zero attached hydrogens (tertiary/aromatic N) is 2. The van der Waals surface area contributed by atoms with E-state index in [1.165, 1.54) is 12.0 Å². The van der Waals surface area contributed by atoms with E-state index in [0.717, 1.165) is 25.1 Å². The number of ether oxygens (including phenoxy) is 1. The Kier molecular flexibility index (Phi) is 5.18. The van der Waals surface area contributed by atoms with E-state index in [1.807, 2.05) is 36.1 Å². The van der Waals surface area contributed by atoms with E-state index in [9.17, 15) is 4.79 Å². The van der Waals surface area contributed by atoms with Gasteiger partial charge in [-0.05, 0) is 31.9 Å². The maximum absolute atomic E-state index is 12.7. The molecule has 1 atom stereocenters. The van der Waals surface area contributed by atoms with Gasteiger partial charge in [-0.1, -0.05) is 24.6 Å². The molecule has 0 radical (unpaired) electrons. The van der Waals surface area contributed by atoms with Crippen LogP contribution in [0.5, 0.6) is 5.75 Å². The van der Waals surface area contributed by atoms with Crippen LogP contribution >= 0.6 is 0 Å². The van der Waals surface area contributed by atoms with Gasteiger partial charge in [-0.3, -0.25) is 4.79 Å². The zero-order valence-electron chi connectivity index (χ0n) is 14.3. The fraction of sp³-hybridized carbons (Fsp3) is 0.474. The van der Waals surface area contributed by atoms with Crippen molar-refractivity contribution in [3.63, 3.8) is 0 Å². The van der Waals surface area contributed by atoms with E-state index < -0.39 is 0 Å². The van der Waals surface area contributed by atoms with Crippen molar-refractivity contribution in [2.75, 3.05) is 19.7 Å². The minimum Gasteiger partial charge on any atom is -0.493 e. The molecule has 5 nitrogen and oxygen atoms in total. The average Bonchev–Trinajstić information content (AvgIpc) is 3.09. The highest BCUT2D eigenvalue weighted by Gasteiger charge is 2.27. The number of rotatable bonds is 5. The van der Waals surface area contributed by atoms with Gasteiger partial charge in [-0.2, -0.15) is 0 Å². The zero-order valence-corrected chi connectivity index (χ0v) is 14.3. The van der Waals surface area contributed by atoms with E-state index in [4.69, 9.17) is 9.15 Å². The van der Waals surface area contributed by atoms with Gasteiger partial charge in [0.15, 0.2) is 12.1 Å². The topological polar surface area (TPSA) is 55.6 Å². The lowest BCUT2D eigenvalue weighted by Gasteiger charge is -2.32. The summed E-state index contributed by atoms with van der Waals surface area (Å²) in [5.41, 5.74) is 1.67. The second-order valence-electron chi connectivity index (χ2n) is 6.36. The third kappa shape index (κ3) is 3.78. The molecule has 1 aliphatic heterocycles. The Morgan fingerprint density at radius 2 is 2.17 bits per heavy atom. The van der Waals surface area contributed by atoms with Crippen LogP contribution in [-0.2, 0) is 6.42 Å². The van der Waals surface area contributed by atoms with E-state index in [0.29, 0.717) is 36.9 Å². The molecule has 1 amide bonds.